The molecule has 1 atom stereocenters. The number of sulfone groups is 1. The normalized spacial score (nSPS) is 16.5. The van der Waals surface area contributed by atoms with Gasteiger partial charge in [-0.15, -0.1) is 0 Å². The summed E-state index contributed by atoms with van der Waals surface area (Å²) in [6.07, 6.45) is 0.694. The molecule has 0 bridgehead atoms. The van der Waals surface area contributed by atoms with E-state index < -0.39 is 14.6 Å². The van der Waals surface area contributed by atoms with Gasteiger partial charge in [0.2, 0.25) is 0 Å². The first-order valence-electron chi connectivity index (χ1n) is 3.97. The van der Waals surface area contributed by atoms with Gasteiger partial charge < -0.3 is 0 Å². The van der Waals surface area contributed by atoms with Gasteiger partial charge in [0.1, 0.15) is 0 Å². The highest BCUT2D eigenvalue weighted by molar-refractivity contribution is 7.93. The van der Waals surface area contributed by atoms with Crippen molar-refractivity contribution in [1.29, 1.82) is 0 Å². The van der Waals surface area contributed by atoms with E-state index in [2.05, 4.69) is 0 Å². The van der Waals surface area contributed by atoms with Gasteiger partial charge in [-0.2, -0.15) is 0 Å². The van der Waals surface area contributed by atoms with Crippen LogP contribution in [-0.4, -0.2) is 18.4 Å². The molecule has 0 aliphatic carbocycles. The molecule has 0 heterocycles. The zero-order chi connectivity index (χ0) is 9.28. The van der Waals surface area contributed by atoms with Crippen LogP contribution in [-0.2, 0) is 9.84 Å². The molecule has 68 valence electrons. The van der Waals surface area contributed by atoms with E-state index in [9.17, 15) is 8.42 Å². The maximum Gasteiger partial charge on any atom is 0.157 e. The Morgan fingerprint density at radius 1 is 1.27 bits per heavy atom. The molecule has 0 fully saturated rings. The lowest BCUT2D eigenvalue weighted by molar-refractivity contribution is 0.545. The molecule has 0 N–H and O–H groups in total. The quantitative estimate of drug-likeness (QED) is 0.648. The zero-order valence-corrected chi connectivity index (χ0v) is 8.83. The summed E-state index contributed by atoms with van der Waals surface area (Å²) in [5, 5.41) is -0.220. The molecule has 0 aromatic heterocycles. The van der Waals surface area contributed by atoms with Crippen LogP contribution in [0.2, 0.25) is 0 Å². The minimum atomic E-state index is -2.93. The molecule has 3 heteroatoms. The third-order valence-corrected chi connectivity index (χ3v) is 5.06. The lowest BCUT2D eigenvalue weighted by Gasteiger charge is -2.23. The van der Waals surface area contributed by atoms with Gasteiger partial charge in [-0.05, 0) is 34.1 Å². The molecular formula is C8H18O2S. The lowest BCUT2D eigenvalue weighted by atomic mass is 10.3. The molecular weight excluding hydrogens is 160 g/mol. The number of rotatable bonds is 2. The summed E-state index contributed by atoms with van der Waals surface area (Å²) in [6.45, 7) is 8.89. The van der Waals surface area contributed by atoms with Crippen molar-refractivity contribution < 1.29 is 8.42 Å². The van der Waals surface area contributed by atoms with Gasteiger partial charge in [0.25, 0.3) is 0 Å². The average molecular weight is 178 g/mol. The molecule has 0 aromatic carbocycles. The Morgan fingerprint density at radius 3 is 1.73 bits per heavy atom. The average Bonchev–Trinajstić information content (AvgIpc) is 1.83. The summed E-state index contributed by atoms with van der Waals surface area (Å²) in [6, 6.07) is 0. The second-order valence-corrected chi connectivity index (χ2v) is 7.00. The smallest absolute Gasteiger partial charge is 0.157 e. The predicted octanol–water partition coefficient (Wildman–Crippen LogP) is 2.00. The van der Waals surface area contributed by atoms with E-state index >= 15 is 0 Å². The zero-order valence-electron chi connectivity index (χ0n) is 8.01. The Balaban J connectivity index is 4.77. The Kier molecular flexibility index (Phi) is 3.12. The summed E-state index contributed by atoms with van der Waals surface area (Å²) in [5.74, 6) is 0. The maximum absolute atomic E-state index is 11.6. The third-order valence-electron chi connectivity index (χ3n) is 1.96. The summed E-state index contributed by atoms with van der Waals surface area (Å²) < 4.78 is 22.6. The second-order valence-electron chi connectivity index (χ2n) is 3.88. The summed E-state index contributed by atoms with van der Waals surface area (Å²) in [7, 11) is -2.93. The van der Waals surface area contributed by atoms with E-state index in [1.807, 2.05) is 6.92 Å². The van der Waals surface area contributed by atoms with Crippen LogP contribution < -0.4 is 0 Å². The Morgan fingerprint density at radius 2 is 1.64 bits per heavy atom. The first kappa shape index (κ1) is 11.0. The van der Waals surface area contributed by atoms with E-state index in [4.69, 9.17) is 0 Å². The van der Waals surface area contributed by atoms with Gasteiger partial charge in [0.05, 0.1) is 10.00 Å². The van der Waals surface area contributed by atoms with Crippen molar-refractivity contribution >= 4 is 9.84 Å². The van der Waals surface area contributed by atoms with Crippen LogP contribution in [0.5, 0.6) is 0 Å². The van der Waals surface area contributed by atoms with Crippen molar-refractivity contribution in [2.45, 2.75) is 51.0 Å². The van der Waals surface area contributed by atoms with Crippen LogP contribution >= 0.6 is 0 Å². The molecule has 0 aliphatic rings. The Bertz CT molecular complexity index is 209. The highest BCUT2D eigenvalue weighted by Crippen LogP contribution is 2.21. The molecule has 0 aromatic rings. The van der Waals surface area contributed by atoms with Gasteiger partial charge in [0.15, 0.2) is 9.84 Å². The maximum atomic E-state index is 11.6. The van der Waals surface area contributed by atoms with Gasteiger partial charge in [-0.3, -0.25) is 0 Å². The molecule has 0 radical (unpaired) electrons. The van der Waals surface area contributed by atoms with E-state index in [0.29, 0.717) is 6.42 Å². The van der Waals surface area contributed by atoms with Crippen LogP contribution in [0.4, 0.5) is 0 Å². The van der Waals surface area contributed by atoms with Crippen molar-refractivity contribution in [1.82, 2.24) is 0 Å². The highest BCUT2D eigenvalue weighted by atomic mass is 32.2. The SMILES string of the molecule is CC[C@H](C)S(=O)(=O)C(C)(C)C. The fourth-order valence-corrected chi connectivity index (χ4v) is 2.47. The van der Waals surface area contributed by atoms with Crippen LogP contribution in [0.25, 0.3) is 0 Å². The van der Waals surface area contributed by atoms with Gasteiger partial charge in [-0.1, -0.05) is 6.92 Å². The minimum absolute atomic E-state index is 0.220. The number of hydrogen-bond acceptors (Lipinski definition) is 2. The summed E-state index contributed by atoms with van der Waals surface area (Å²) in [4.78, 5) is 0. The first-order chi connectivity index (χ1) is 4.73. The van der Waals surface area contributed by atoms with Crippen molar-refractivity contribution in [2.24, 2.45) is 0 Å². The molecule has 0 spiro atoms. The molecule has 0 aliphatic heterocycles. The molecule has 0 rings (SSSR count). The Labute approximate surface area is 69.9 Å². The van der Waals surface area contributed by atoms with E-state index in [-0.39, 0.29) is 5.25 Å². The van der Waals surface area contributed by atoms with Crippen LogP contribution in [0.3, 0.4) is 0 Å². The van der Waals surface area contributed by atoms with Crippen molar-refractivity contribution in [2.75, 3.05) is 0 Å². The Hall–Kier alpha value is -0.0500. The van der Waals surface area contributed by atoms with Crippen LogP contribution in [0.1, 0.15) is 41.0 Å². The van der Waals surface area contributed by atoms with Crippen LogP contribution in [0, 0.1) is 0 Å². The molecule has 0 amide bonds. The monoisotopic (exact) mass is 178 g/mol. The van der Waals surface area contributed by atoms with Gasteiger partial charge >= 0.3 is 0 Å². The lowest BCUT2D eigenvalue weighted by Crippen LogP contribution is -2.35. The standard InChI is InChI=1S/C8H18O2S/c1-6-7(2)11(9,10)8(3,4)5/h7H,6H2,1-5H3/t7-/m0/s1. The van der Waals surface area contributed by atoms with Crippen molar-refractivity contribution in [3.8, 4) is 0 Å². The molecule has 11 heavy (non-hydrogen) atoms. The molecule has 0 unspecified atom stereocenters. The van der Waals surface area contributed by atoms with Crippen molar-refractivity contribution in [3.05, 3.63) is 0 Å². The third kappa shape index (κ3) is 2.19. The largest absolute Gasteiger partial charge is 0.228 e. The summed E-state index contributed by atoms with van der Waals surface area (Å²) in [5.41, 5.74) is 0. The first-order valence-corrected chi connectivity index (χ1v) is 5.51. The van der Waals surface area contributed by atoms with E-state index in [0.717, 1.165) is 0 Å². The van der Waals surface area contributed by atoms with Crippen LogP contribution in [0.15, 0.2) is 0 Å². The van der Waals surface area contributed by atoms with Gasteiger partial charge in [-0.25, -0.2) is 8.42 Å². The van der Waals surface area contributed by atoms with E-state index in [1.54, 1.807) is 27.7 Å². The summed E-state index contributed by atoms with van der Waals surface area (Å²) >= 11 is 0. The van der Waals surface area contributed by atoms with E-state index in [1.165, 1.54) is 0 Å². The molecule has 0 saturated carbocycles. The fraction of sp³-hybridized carbons (Fsp3) is 1.00. The second kappa shape index (κ2) is 3.13. The predicted molar refractivity (Wildman–Crippen MR) is 48.4 cm³/mol. The van der Waals surface area contributed by atoms with Gasteiger partial charge in [0, 0.05) is 0 Å². The highest BCUT2D eigenvalue weighted by Gasteiger charge is 2.32. The molecule has 2 nitrogen and oxygen atoms in total. The minimum Gasteiger partial charge on any atom is -0.228 e. The molecule has 0 saturated heterocycles. The topological polar surface area (TPSA) is 34.1 Å². The fourth-order valence-electron chi connectivity index (χ4n) is 0.823. The number of hydrogen-bond donors (Lipinski definition) is 0. The van der Waals surface area contributed by atoms with Crippen molar-refractivity contribution in [3.63, 3.8) is 0 Å².